The summed E-state index contributed by atoms with van der Waals surface area (Å²) in [6.07, 6.45) is 2.68. The summed E-state index contributed by atoms with van der Waals surface area (Å²) >= 11 is 6.44. The molecule has 2 rings (SSSR count). The van der Waals surface area contributed by atoms with E-state index in [1.165, 1.54) is 12.2 Å². The van der Waals surface area contributed by atoms with Crippen LogP contribution in [0.5, 0.6) is 0 Å². The summed E-state index contributed by atoms with van der Waals surface area (Å²) in [5, 5.41) is 0. The van der Waals surface area contributed by atoms with Crippen LogP contribution in [-0.4, -0.2) is 18.4 Å². The van der Waals surface area contributed by atoms with E-state index in [4.69, 9.17) is 9.15 Å². The van der Waals surface area contributed by atoms with Gasteiger partial charge in [0.05, 0.1) is 0 Å². The zero-order valence-corrected chi connectivity index (χ0v) is 13.9. The molecule has 0 aliphatic rings. The van der Waals surface area contributed by atoms with Crippen molar-refractivity contribution in [2.75, 3.05) is 6.61 Å². The zero-order chi connectivity index (χ0) is 15.2. The first-order valence-corrected chi connectivity index (χ1v) is 7.52. The van der Waals surface area contributed by atoms with E-state index >= 15 is 0 Å². The molecule has 0 saturated carbocycles. The second-order valence-corrected chi connectivity index (χ2v) is 5.71. The van der Waals surface area contributed by atoms with Crippen molar-refractivity contribution < 1.29 is 18.7 Å². The lowest BCUT2D eigenvalue weighted by atomic mass is 10.1. The molecule has 1 heterocycles. The van der Waals surface area contributed by atoms with Gasteiger partial charge in [-0.25, -0.2) is 4.79 Å². The molecule has 0 aliphatic carbocycles. The molecule has 0 bridgehead atoms. The van der Waals surface area contributed by atoms with E-state index in [0.717, 1.165) is 4.47 Å². The first-order chi connectivity index (χ1) is 10.0. The normalized spacial score (nSPS) is 10.8. The van der Waals surface area contributed by atoms with Crippen LogP contribution in [-0.2, 0) is 9.53 Å². The van der Waals surface area contributed by atoms with E-state index < -0.39 is 5.97 Å². The maximum Gasteiger partial charge on any atom is 0.331 e. The van der Waals surface area contributed by atoms with Crippen LogP contribution in [0.4, 0.5) is 0 Å². The third-order valence-electron chi connectivity index (χ3n) is 2.49. The van der Waals surface area contributed by atoms with Gasteiger partial charge >= 0.3 is 5.97 Å². The molecule has 0 spiro atoms. The monoisotopic (exact) mass is 412 g/mol. The minimum Gasteiger partial charge on any atom is -0.454 e. The number of furan rings is 1. The predicted octanol–water partition coefficient (Wildman–Crippen LogP) is 4.24. The fraction of sp³-hybridized carbons (Fsp3) is 0.0667. The lowest BCUT2D eigenvalue weighted by molar-refractivity contribution is -0.136. The van der Waals surface area contributed by atoms with Gasteiger partial charge in [-0.2, -0.15) is 0 Å². The molecule has 21 heavy (non-hydrogen) atoms. The Kier molecular flexibility index (Phi) is 5.52. The van der Waals surface area contributed by atoms with Crippen LogP contribution < -0.4 is 0 Å². The van der Waals surface area contributed by atoms with Crippen LogP contribution in [0.1, 0.15) is 16.1 Å². The molecule has 0 radical (unpaired) electrons. The van der Waals surface area contributed by atoms with Crippen molar-refractivity contribution in [1.29, 1.82) is 0 Å². The maximum absolute atomic E-state index is 11.8. The quantitative estimate of drug-likeness (QED) is 0.417. The minimum atomic E-state index is -0.604. The summed E-state index contributed by atoms with van der Waals surface area (Å²) in [6.45, 7) is -0.299. The van der Waals surface area contributed by atoms with Gasteiger partial charge in [-0.15, -0.1) is 0 Å². The number of carbonyl (C=O) groups excluding carboxylic acids is 2. The summed E-state index contributed by atoms with van der Waals surface area (Å²) in [5.41, 5.74) is 0.491. The molecule has 0 amide bonds. The molecule has 0 fully saturated rings. The second-order valence-electron chi connectivity index (χ2n) is 4.01. The summed E-state index contributed by atoms with van der Waals surface area (Å²) in [6, 6.07) is 10.2. The van der Waals surface area contributed by atoms with Crippen LogP contribution in [0.2, 0.25) is 0 Å². The molecule has 0 N–H and O–H groups in total. The Morgan fingerprint density at radius 3 is 2.43 bits per heavy atom. The highest BCUT2D eigenvalue weighted by Crippen LogP contribution is 2.15. The van der Waals surface area contributed by atoms with Gasteiger partial charge in [0.2, 0.25) is 0 Å². The van der Waals surface area contributed by atoms with Crippen LogP contribution >= 0.6 is 31.9 Å². The molecule has 0 atom stereocenters. The Balaban J connectivity index is 1.85. The van der Waals surface area contributed by atoms with Crippen LogP contribution in [0.3, 0.4) is 0 Å². The number of halogens is 2. The summed E-state index contributed by atoms with van der Waals surface area (Å²) in [7, 11) is 0. The summed E-state index contributed by atoms with van der Waals surface area (Å²) < 4.78 is 11.5. The smallest absolute Gasteiger partial charge is 0.331 e. The number of hydrogen-bond donors (Lipinski definition) is 0. The van der Waals surface area contributed by atoms with Crippen molar-refractivity contribution >= 4 is 49.7 Å². The van der Waals surface area contributed by atoms with E-state index in [1.807, 2.05) is 0 Å². The molecule has 108 valence electrons. The van der Waals surface area contributed by atoms with Crippen molar-refractivity contribution in [3.63, 3.8) is 0 Å². The third kappa shape index (κ3) is 4.99. The number of Topliss-reactive ketones (excluding diaryl/α,β-unsaturated/α-hetero) is 1. The van der Waals surface area contributed by atoms with Crippen molar-refractivity contribution in [3.8, 4) is 0 Å². The maximum atomic E-state index is 11.8. The number of esters is 1. The largest absolute Gasteiger partial charge is 0.454 e. The third-order valence-corrected chi connectivity index (χ3v) is 3.44. The van der Waals surface area contributed by atoms with E-state index in [9.17, 15) is 9.59 Å². The number of carbonyl (C=O) groups is 2. The number of ether oxygens (including phenoxy) is 1. The molecule has 0 aliphatic heterocycles. The molecule has 2 aromatic rings. The average Bonchev–Trinajstić information content (AvgIpc) is 2.89. The van der Waals surface area contributed by atoms with Crippen LogP contribution in [0, 0.1) is 0 Å². The van der Waals surface area contributed by atoms with Crippen LogP contribution in [0.15, 0.2) is 56.0 Å². The van der Waals surface area contributed by atoms with Crippen molar-refractivity contribution in [2.24, 2.45) is 0 Å². The fourth-order valence-corrected chi connectivity index (χ4v) is 2.06. The molecule has 1 aromatic carbocycles. The Hall–Kier alpha value is -1.66. The first-order valence-electron chi connectivity index (χ1n) is 5.93. The number of benzene rings is 1. The molecule has 0 saturated heterocycles. The summed E-state index contributed by atoms with van der Waals surface area (Å²) in [5.74, 6) is -0.351. The molecule has 6 heteroatoms. The molecule has 4 nitrogen and oxygen atoms in total. The highest BCUT2D eigenvalue weighted by molar-refractivity contribution is 9.10. The fourth-order valence-electron chi connectivity index (χ4n) is 1.47. The SMILES string of the molecule is O=C(C=Cc1ccc(Br)o1)OCC(=O)c1ccc(Br)cc1. The van der Waals surface area contributed by atoms with Crippen LogP contribution in [0.25, 0.3) is 6.08 Å². The first kappa shape index (κ1) is 15.7. The molecule has 1 aromatic heterocycles. The standard InChI is InChI=1S/C15H10Br2O4/c16-11-3-1-10(2-4-11)13(18)9-20-15(19)8-6-12-5-7-14(17)21-12/h1-8H,9H2. The van der Waals surface area contributed by atoms with Gasteiger partial charge < -0.3 is 9.15 Å². The van der Waals surface area contributed by atoms with E-state index in [1.54, 1.807) is 36.4 Å². The van der Waals surface area contributed by atoms with E-state index in [0.29, 0.717) is 16.0 Å². The second kappa shape index (κ2) is 7.38. The Bertz CT molecular complexity index is 671. The molecule has 0 unspecified atom stereocenters. The van der Waals surface area contributed by atoms with Crippen molar-refractivity contribution in [3.05, 3.63) is 62.9 Å². The Morgan fingerprint density at radius 1 is 1.10 bits per heavy atom. The number of rotatable bonds is 5. The lowest BCUT2D eigenvalue weighted by Gasteiger charge is -2.01. The Labute approximate surface area is 138 Å². The summed E-state index contributed by atoms with van der Waals surface area (Å²) in [4.78, 5) is 23.3. The topological polar surface area (TPSA) is 56.5 Å². The van der Waals surface area contributed by atoms with Gasteiger partial charge in [0, 0.05) is 16.1 Å². The van der Waals surface area contributed by atoms with Crippen molar-refractivity contribution in [2.45, 2.75) is 0 Å². The number of hydrogen-bond acceptors (Lipinski definition) is 4. The van der Waals surface area contributed by atoms with Gasteiger partial charge in [-0.05, 0) is 46.3 Å². The average molecular weight is 414 g/mol. The molecular formula is C15H10Br2O4. The van der Waals surface area contributed by atoms with Gasteiger partial charge in [0.25, 0.3) is 0 Å². The van der Waals surface area contributed by atoms with Gasteiger partial charge in [-0.1, -0.05) is 28.1 Å². The van der Waals surface area contributed by atoms with Gasteiger partial charge in [0.1, 0.15) is 5.76 Å². The number of ketones is 1. The minimum absolute atomic E-state index is 0.259. The zero-order valence-electron chi connectivity index (χ0n) is 10.7. The highest BCUT2D eigenvalue weighted by atomic mass is 79.9. The molecular weight excluding hydrogens is 404 g/mol. The predicted molar refractivity (Wildman–Crippen MR) is 84.9 cm³/mol. The van der Waals surface area contributed by atoms with E-state index in [2.05, 4.69) is 31.9 Å². The van der Waals surface area contributed by atoms with Gasteiger partial charge in [0.15, 0.2) is 17.1 Å². The highest BCUT2D eigenvalue weighted by Gasteiger charge is 2.08. The lowest BCUT2D eigenvalue weighted by Crippen LogP contribution is -2.12. The van der Waals surface area contributed by atoms with Crippen molar-refractivity contribution in [1.82, 2.24) is 0 Å². The Morgan fingerprint density at radius 2 is 1.81 bits per heavy atom. The van der Waals surface area contributed by atoms with E-state index in [-0.39, 0.29) is 12.4 Å². The van der Waals surface area contributed by atoms with Gasteiger partial charge in [-0.3, -0.25) is 4.79 Å².